The maximum absolute atomic E-state index is 12.0. The number of nitrogens with one attached hydrogen (secondary N) is 2. The van der Waals surface area contributed by atoms with E-state index in [4.69, 9.17) is 0 Å². The Balaban J connectivity index is 1.69. The van der Waals surface area contributed by atoms with E-state index in [0.717, 1.165) is 0 Å². The van der Waals surface area contributed by atoms with Crippen molar-refractivity contribution in [3.8, 4) is 0 Å². The molecule has 0 saturated carbocycles. The van der Waals surface area contributed by atoms with E-state index in [0.29, 0.717) is 16.8 Å². The molecule has 0 atom stereocenters. The molecule has 1 amide bonds. The van der Waals surface area contributed by atoms with Gasteiger partial charge in [0.1, 0.15) is 0 Å². The van der Waals surface area contributed by atoms with Gasteiger partial charge in [0.05, 0.1) is 10.6 Å². The Morgan fingerprint density at radius 1 is 1.00 bits per heavy atom. The van der Waals surface area contributed by atoms with Gasteiger partial charge in [-0.15, -0.1) is 0 Å². The highest BCUT2D eigenvalue weighted by atomic mass is 16.6. The Kier molecular flexibility index (Phi) is 3.60. The molecule has 23 heavy (non-hydrogen) atoms. The Bertz CT molecular complexity index is 841. The number of benzene rings is 2. The van der Waals surface area contributed by atoms with Crippen molar-refractivity contribution >= 4 is 23.1 Å². The maximum Gasteiger partial charge on any atom is 0.269 e. The lowest BCUT2D eigenvalue weighted by molar-refractivity contribution is -0.384. The summed E-state index contributed by atoms with van der Waals surface area (Å²) < 4.78 is 0. The third-order valence-electron chi connectivity index (χ3n) is 3.41. The zero-order valence-electron chi connectivity index (χ0n) is 11.8. The fraction of sp³-hybridized carbons (Fsp3) is 0. The van der Waals surface area contributed by atoms with Crippen molar-refractivity contribution in [1.82, 2.24) is 10.9 Å². The Hall–Kier alpha value is -3.48. The van der Waals surface area contributed by atoms with Crippen LogP contribution in [0.5, 0.6) is 0 Å². The second kappa shape index (κ2) is 5.72. The number of ketones is 1. The van der Waals surface area contributed by atoms with E-state index < -0.39 is 10.8 Å². The van der Waals surface area contributed by atoms with Crippen LogP contribution < -0.4 is 10.9 Å². The third kappa shape index (κ3) is 2.80. The summed E-state index contributed by atoms with van der Waals surface area (Å²) >= 11 is 0. The quantitative estimate of drug-likeness (QED) is 0.665. The largest absolute Gasteiger partial charge is 0.298 e. The Morgan fingerprint density at radius 3 is 2.30 bits per heavy atom. The van der Waals surface area contributed by atoms with Gasteiger partial charge in [0, 0.05) is 34.9 Å². The summed E-state index contributed by atoms with van der Waals surface area (Å²) in [5, 5.41) is 10.6. The normalized spacial score (nSPS) is 12.3. The Morgan fingerprint density at radius 2 is 1.65 bits per heavy atom. The fourth-order valence-electron chi connectivity index (χ4n) is 2.25. The summed E-state index contributed by atoms with van der Waals surface area (Å²) in [6.45, 7) is 0. The lowest BCUT2D eigenvalue weighted by Crippen LogP contribution is -2.35. The van der Waals surface area contributed by atoms with Crippen molar-refractivity contribution in [2.24, 2.45) is 0 Å². The fourth-order valence-corrected chi connectivity index (χ4v) is 2.25. The summed E-state index contributed by atoms with van der Waals surface area (Å²) in [6.07, 6.45) is 1.40. The van der Waals surface area contributed by atoms with Crippen LogP contribution in [0.3, 0.4) is 0 Å². The number of non-ortho nitro benzene ring substituents is 1. The lowest BCUT2D eigenvalue weighted by atomic mass is 10.1. The SMILES string of the molecule is O=C(NNC1=CC(=O)c2ccccc21)c1ccc([N+](=O)[O-])cc1. The molecule has 1 aliphatic rings. The number of carbonyl (C=O) groups excluding carboxylic acids is 2. The van der Waals surface area contributed by atoms with Crippen LogP contribution >= 0.6 is 0 Å². The molecule has 2 N–H and O–H groups in total. The van der Waals surface area contributed by atoms with Gasteiger partial charge in [0.15, 0.2) is 5.78 Å². The van der Waals surface area contributed by atoms with Crippen LogP contribution in [0.15, 0.2) is 54.6 Å². The summed E-state index contributed by atoms with van der Waals surface area (Å²) in [4.78, 5) is 33.9. The van der Waals surface area contributed by atoms with Crippen LogP contribution in [0.1, 0.15) is 26.3 Å². The molecule has 0 spiro atoms. The van der Waals surface area contributed by atoms with Gasteiger partial charge >= 0.3 is 0 Å². The molecule has 114 valence electrons. The number of rotatable bonds is 4. The van der Waals surface area contributed by atoms with Crippen LogP contribution in [0.2, 0.25) is 0 Å². The number of hydrogen-bond donors (Lipinski definition) is 2. The predicted octanol–water partition coefficient (Wildman–Crippen LogP) is 2.07. The first kappa shape index (κ1) is 14.5. The second-order valence-corrected chi connectivity index (χ2v) is 4.85. The first-order valence-corrected chi connectivity index (χ1v) is 6.72. The molecular formula is C16H11N3O4. The minimum Gasteiger partial charge on any atom is -0.298 e. The highest BCUT2D eigenvalue weighted by Gasteiger charge is 2.20. The summed E-state index contributed by atoms with van der Waals surface area (Å²) in [5.74, 6) is -0.592. The average Bonchev–Trinajstić information content (AvgIpc) is 2.89. The van der Waals surface area contributed by atoms with Gasteiger partial charge in [-0.2, -0.15) is 0 Å². The van der Waals surface area contributed by atoms with E-state index >= 15 is 0 Å². The van der Waals surface area contributed by atoms with Gasteiger partial charge < -0.3 is 0 Å². The third-order valence-corrected chi connectivity index (χ3v) is 3.41. The molecule has 0 aromatic heterocycles. The molecule has 0 fully saturated rings. The van der Waals surface area contributed by atoms with Gasteiger partial charge in [-0.25, -0.2) is 0 Å². The number of nitrogens with zero attached hydrogens (tertiary/aromatic N) is 1. The van der Waals surface area contributed by atoms with Crippen LogP contribution in [0, 0.1) is 10.1 Å². The maximum atomic E-state index is 12.0. The van der Waals surface area contributed by atoms with Crippen LogP contribution in [0.25, 0.3) is 5.70 Å². The standard InChI is InChI=1S/C16H11N3O4/c20-15-9-14(12-3-1-2-4-13(12)15)17-18-16(21)10-5-7-11(8-6-10)19(22)23/h1-9,17H,(H,18,21). The van der Waals surface area contributed by atoms with Crippen molar-refractivity contribution in [2.45, 2.75) is 0 Å². The van der Waals surface area contributed by atoms with Gasteiger partial charge in [-0.3, -0.25) is 30.6 Å². The molecule has 7 nitrogen and oxygen atoms in total. The van der Waals surface area contributed by atoms with E-state index in [1.165, 1.54) is 30.3 Å². The van der Waals surface area contributed by atoms with Crippen molar-refractivity contribution < 1.29 is 14.5 Å². The zero-order chi connectivity index (χ0) is 16.4. The van der Waals surface area contributed by atoms with Crippen molar-refractivity contribution in [3.05, 3.63) is 81.4 Å². The topological polar surface area (TPSA) is 101 Å². The highest BCUT2D eigenvalue weighted by Crippen LogP contribution is 2.24. The van der Waals surface area contributed by atoms with Crippen LogP contribution in [-0.4, -0.2) is 16.6 Å². The van der Waals surface area contributed by atoms with E-state index in [2.05, 4.69) is 10.9 Å². The highest BCUT2D eigenvalue weighted by molar-refractivity contribution is 6.16. The first-order chi connectivity index (χ1) is 11.1. The molecule has 0 radical (unpaired) electrons. The monoisotopic (exact) mass is 309 g/mol. The number of nitro groups is 1. The number of amides is 1. The number of carbonyl (C=O) groups is 2. The van der Waals surface area contributed by atoms with Gasteiger partial charge in [-0.1, -0.05) is 24.3 Å². The molecule has 0 heterocycles. The minimum atomic E-state index is -0.536. The number of hydrazine groups is 1. The molecule has 2 aromatic carbocycles. The Labute approximate surface area is 130 Å². The van der Waals surface area contributed by atoms with E-state index in [9.17, 15) is 19.7 Å². The zero-order valence-corrected chi connectivity index (χ0v) is 11.8. The summed E-state index contributed by atoms with van der Waals surface area (Å²) in [5.41, 5.74) is 7.14. The van der Waals surface area contributed by atoms with E-state index in [-0.39, 0.29) is 17.0 Å². The smallest absolute Gasteiger partial charge is 0.269 e. The minimum absolute atomic E-state index is 0.0902. The van der Waals surface area contributed by atoms with Crippen molar-refractivity contribution in [1.29, 1.82) is 0 Å². The lowest BCUT2D eigenvalue weighted by Gasteiger charge is -2.10. The van der Waals surface area contributed by atoms with Crippen molar-refractivity contribution in [3.63, 3.8) is 0 Å². The first-order valence-electron chi connectivity index (χ1n) is 6.72. The molecule has 7 heteroatoms. The second-order valence-electron chi connectivity index (χ2n) is 4.85. The predicted molar refractivity (Wildman–Crippen MR) is 82.4 cm³/mol. The molecule has 0 bridgehead atoms. The van der Waals surface area contributed by atoms with Gasteiger partial charge in [0.2, 0.25) is 0 Å². The number of hydrogen-bond acceptors (Lipinski definition) is 5. The average molecular weight is 309 g/mol. The van der Waals surface area contributed by atoms with Crippen LogP contribution in [-0.2, 0) is 0 Å². The molecule has 3 rings (SSSR count). The molecule has 0 aliphatic heterocycles. The van der Waals surface area contributed by atoms with Gasteiger partial charge in [0.25, 0.3) is 11.6 Å². The molecule has 0 unspecified atom stereocenters. The summed E-state index contributed by atoms with van der Waals surface area (Å²) in [6, 6.07) is 12.3. The van der Waals surface area contributed by atoms with Crippen molar-refractivity contribution in [2.75, 3.05) is 0 Å². The van der Waals surface area contributed by atoms with Gasteiger partial charge in [-0.05, 0) is 12.1 Å². The van der Waals surface area contributed by atoms with Crippen LogP contribution in [0.4, 0.5) is 5.69 Å². The number of nitro benzene ring substituents is 1. The molecule has 2 aromatic rings. The van der Waals surface area contributed by atoms with E-state index in [1.54, 1.807) is 24.3 Å². The summed E-state index contributed by atoms with van der Waals surface area (Å²) in [7, 11) is 0. The molecule has 1 aliphatic carbocycles. The van der Waals surface area contributed by atoms with E-state index in [1.807, 2.05) is 0 Å². The number of allylic oxidation sites excluding steroid dienone is 1. The molecular weight excluding hydrogens is 298 g/mol. The number of fused-ring (bicyclic) bond motifs is 1. The molecule has 0 saturated heterocycles.